The Morgan fingerprint density at radius 2 is 1.90 bits per heavy atom. The molecule has 2 saturated heterocycles. The molecule has 2 heterocycles. The number of thioether (sulfide) groups is 1. The molecule has 0 aromatic heterocycles. The van der Waals surface area contributed by atoms with Crippen molar-refractivity contribution in [2.24, 2.45) is 5.92 Å². The van der Waals surface area contributed by atoms with Gasteiger partial charge in [0, 0.05) is 11.8 Å². The number of hydrogen-bond donors (Lipinski definition) is 2. The van der Waals surface area contributed by atoms with Gasteiger partial charge in [-0.1, -0.05) is 13.8 Å². The van der Waals surface area contributed by atoms with Crippen LogP contribution in [0.1, 0.15) is 26.7 Å². The van der Waals surface area contributed by atoms with Crippen LogP contribution in [0.15, 0.2) is 0 Å². The number of aliphatic carboxylic acids is 1. The van der Waals surface area contributed by atoms with E-state index in [0.717, 1.165) is 25.9 Å². The number of carboxylic acids is 1. The van der Waals surface area contributed by atoms with Gasteiger partial charge in [-0.2, -0.15) is 0 Å². The Balaban J connectivity index is 2.01. The number of hydrogen-bond acceptors (Lipinski definition) is 4. The summed E-state index contributed by atoms with van der Waals surface area (Å²) in [6.07, 6.45) is 1.85. The summed E-state index contributed by atoms with van der Waals surface area (Å²) in [6, 6.07) is -0.782. The molecular formula is C14H25N3O3S. The Hall–Kier alpha value is -0.950. The summed E-state index contributed by atoms with van der Waals surface area (Å²) in [7, 11) is 2.07. The highest BCUT2D eigenvalue weighted by molar-refractivity contribution is 8.00. The molecule has 2 aliphatic heterocycles. The van der Waals surface area contributed by atoms with Crippen LogP contribution in [-0.2, 0) is 4.79 Å². The van der Waals surface area contributed by atoms with Crippen LogP contribution in [0.2, 0.25) is 0 Å². The lowest BCUT2D eigenvalue weighted by atomic mass is 10.1. The lowest BCUT2D eigenvalue weighted by Gasteiger charge is -2.34. The summed E-state index contributed by atoms with van der Waals surface area (Å²) in [6.45, 7) is 5.99. The van der Waals surface area contributed by atoms with E-state index in [1.54, 1.807) is 11.8 Å². The SMILES string of the molecule is CC(C)C1SCC(C(=O)O)N1C(=O)NC1CCN(C)CC1. The normalized spacial score (nSPS) is 28.1. The van der Waals surface area contributed by atoms with E-state index >= 15 is 0 Å². The predicted molar refractivity (Wildman–Crippen MR) is 83.4 cm³/mol. The van der Waals surface area contributed by atoms with Crippen LogP contribution in [0.4, 0.5) is 4.79 Å². The maximum Gasteiger partial charge on any atom is 0.327 e. The molecule has 2 aliphatic rings. The Labute approximate surface area is 130 Å². The molecule has 2 fully saturated rings. The molecule has 0 aromatic rings. The molecule has 6 nitrogen and oxygen atoms in total. The Bertz CT molecular complexity index is 397. The highest BCUT2D eigenvalue weighted by Crippen LogP contribution is 2.34. The van der Waals surface area contributed by atoms with Crippen molar-refractivity contribution in [3.05, 3.63) is 0 Å². The molecular weight excluding hydrogens is 290 g/mol. The number of likely N-dealkylation sites (tertiary alicyclic amines) is 1. The van der Waals surface area contributed by atoms with E-state index in [2.05, 4.69) is 17.3 Å². The van der Waals surface area contributed by atoms with Gasteiger partial charge < -0.3 is 15.3 Å². The standard InChI is InChI=1S/C14H25N3O3S/c1-9(2)12-17(11(8-21-12)13(18)19)14(20)15-10-4-6-16(3)7-5-10/h9-12H,4-8H2,1-3H3,(H,15,20)(H,18,19). The van der Waals surface area contributed by atoms with Gasteiger partial charge in [-0.15, -0.1) is 11.8 Å². The average Bonchev–Trinajstić information content (AvgIpc) is 2.86. The lowest BCUT2D eigenvalue weighted by Crippen LogP contribution is -2.54. The molecule has 0 bridgehead atoms. The first-order valence-electron chi connectivity index (χ1n) is 7.52. The molecule has 0 aromatic carbocycles. The first-order chi connectivity index (χ1) is 9.90. The molecule has 0 radical (unpaired) electrons. The number of amides is 2. The van der Waals surface area contributed by atoms with E-state index in [0.29, 0.717) is 5.75 Å². The summed E-state index contributed by atoms with van der Waals surface area (Å²) < 4.78 is 0. The van der Waals surface area contributed by atoms with Crippen LogP contribution in [0.5, 0.6) is 0 Å². The third kappa shape index (κ3) is 3.83. The highest BCUT2D eigenvalue weighted by Gasteiger charge is 2.43. The number of carbonyl (C=O) groups is 2. The number of urea groups is 1. The number of carbonyl (C=O) groups excluding carboxylic acids is 1. The zero-order chi connectivity index (χ0) is 15.6. The Morgan fingerprint density at radius 1 is 1.29 bits per heavy atom. The van der Waals surface area contributed by atoms with Gasteiger partial charge in [0.05, 0.1) is 5.37 Å². The van der Waals surface area contributed by atoms with Crippen molar-refractivity contribution in [2.75, 3.05) is 25.9 Å². The molecule has 2 unspecified atom stereocenters. The van der Waals surface area contributed by atoms with Gasteiger partial charge in [-0.05, 0) is 38.9 Å². The van der Waals surface area contributed by atoms with Gasteiger partial charge in [0.1, 0.15) is 6.04 Å². The largest absolute Gasteiger partial charge is 0.480 e. The summed E-state index contributed by atoms with van der Waals surface area (Å²) in [5, 5.41) is 12.3. The Morgan fingerprint density at radius 3 is 2.43 bits per heavy atom. The van der Waals surface area contributed by atoms with Gasteiger partial charge in [-0.3, -0.25) is 4.90 Å². The topological polar surface area (TPSA) is 72.9 Å². The minimum atomic E-state index is -0.913. The molecule has 0 saturated carbocycles. The van der Waals surface area contributed by atoms with Crippen molar-refractivity contribution in [3.63, 3.8) is 0 Å². The molecule has 2 amide bonds. The molecule has 2 rings (SSSR count). The Kier molecular flexibility index (Phi) is 5.37. The number of piperidine rings is 1. The second kappa shape index (κ2) is 6.87. The van der Waals surface area contributed by atoms with Gasteiger partial charge >= 0.3 is 12.0 Å². The van der Waals surface area contributed by atoms with Crippen molar-refractivity contribution < 1.29 is 14.7 Å². The molecule has 120 valence electrons. The smallest absolute Gasteiger partial charge is 0.327 e. The fraction of sp³-hybridized carbons (Fsp3) is 0.857. The van der Waals surface area contributed by atoms with Gasteiger partial charge in [-0.25, -0.2) is 9.59 Å². The minimum absolute atomic E-state index is 0.0580. The van der Waals surface area contributed by atoms with Crippen molar-refractivity contribution in [2.45, 2.75) is 44.1 Å². The highest BCUT2D eigenvalue weighted by atomic mass is 32.2. The minimum Gasteiger partial charge on any atom is -0.480 e. The maximum atomic E-state index is 12.5. The number of nitrogens with zero attached hydrogens (tertiary/aromatic N) is 2. The second-order valence-electron chi connectivity index (χ2n) is 6.26. The van der Waals surface area contributed by atoms with Crippen molar-refractivity contribution >= 4 is 23.8 Å². The fourth-order valence-corrected chi connectivity index (χ4v) is 4.36. The number of nitrogens with one attached hydrogen (secondary N) is 1. The van der Waals surface area contributed by atoms with Crippen LogP contribution in [-0.4, -0.2) is 70.3 Å². The van der Waals surface area contributed by atoms with Gasteiger partial charge in [0.15, 0.2) is 0 Å². The third-order valence-corrected chi connectivity index (χ3v) is 5.79. The fourth-order valence-electron chi connectivity index (χ4n) is 2.89. The molecule has 0 aliphatic carbocycles. The molecule has 2 atom stereocenters. The van der Waals surface area contributed by atoms with Crippen LogP contribution in [0.25, 0.3) is 0 Å². The lowest BCUT2D eigenvalue weighted by molar-refractivity contribution is -0.141. The van der Waals surface area contributed by atoms with Crippen molar-refractivity contribution in [1.82, 2.24) is 15.1 Å². The molecule has 21 heavy (non-hydrogen) atoms. The van der Waals surface area contributed by atoms with Gasteiger partial charge in [0.2, 0.25) is 0 Å². The van der Waals surface area contributed by atoms with E-state index in [-0.39, 0.29) is 23.4 Å². The van der Waals surface area contributed by atoms with Gasteiger partial charge in [0.25, 0.3) is 0 Å². The van der Waals surface area contributed by atoms with E-state index in [9.17, 15) is 14.7 Å². The predicted octanol–water partition coefficient (Wildman–Crippen LogP) is 1.27. The first-order valence-corrected chi connectivity index (χ1v) is 8.56. The van der Waals surface area contributed by atoms with Crippen molar-refractivity contribution in [3.8, 4) is 0 Å². The number of rotatable bonds is 3. The van der Waals surface area contributed by atoms with Crippen molar-refractivity contribution in [1.29, 1.82) is 0 Å². The molecule has 7 heteroatoms. The van der Waals surface area contributed by atoms with E-state index in [1.165, 1.54) is 4.90 Å². The second-order valence-corrected chi connectivity index (χ2v) is 7.41. The summed E-state index contributed by atoms with van der Waals surface area (Å²) in [4.78, 5) is 27.7. The summed E-state index contributed by atoms with van der Waals surface area (Å²) >= 11 is 1.56. The van der Waals surface area contributed by atoms with E-state index in [4.69, 9.17) is 0 Å². The summed E-state index contributed by atoms with van der Waals surface area (Å²) in [5.41, 5.74) is 0. The third-order valence-electron chi connectivity index (χ3n) is 4.17. The molecule has 2 N–H and O–H groups in total. The van der Waals surface area contributed by atoms with Crippen LogP contribution < -0.4 is 5.32 Å². The number of carboxylic acid groups (broad SMARTS) is 1. The van der Waals surface area contributed by atoms with E-state index < -0.39 is 12.0 Å². The zero-order valence-electron chi connectivity index (χ0n) is 12.9. The van der Waals surface area contributed by atoms with Crippen LogP contribution in [0.3, 0.4) is 0 Å². The monoisotopic (exact) mass is 315 g/mol. The molecule has 0 spiro atoms. The van der Waals surface area contributed by atoms with Crippen LogP contribution >= 0.6 is 11.8 Å². The van der Waals surface area contributed by atoms with E-state index in [1.807, 2.05) is 13.8 Å². The zero-order valence-corrected chi connectivity index (χ0v) is 13.7. The summed E-state index contributed by atoms with van der Waals surface area (Å²) in [5.74, 6) is -0.203. The first kappa shape index (κ1) is 16.4. The maximum absolute atomic E-state index is 12.5. The average molecular weight is 315 g/mol. The van der Waals surface area contributed by atoms with Crippen LogP contribution in [0, 0.1) is 5.92 Å². The quantitative estimate of drug-likeness (QED) is 0.821.